The van der Waals surface area contributed by atoms with Crippen molar-refractivity contribution in [1.82, 2.24) is 14.0 Å². The van der Waals surface area contributed by atoms with Gasteiger partial charge in [-0.2, -0.15) is 0 Å². The van der Waals surface area contributed by atoms with Crippen molar-refractivity contribution in [2.75, 3.05) is 15.5 Å². The van der Waals surface area contributed by atoms with Gasteiger partial charge in [-0.05, 0) is 134 Å². The third-order valence-electron chi connectivity index (χ3n) is 17.9. The number of hydrogen-bond donors (Lipinski definition) is 1. The summed E-state index contributed by atoms with van der Waals surface area (Å²) in [6.45, 7) is 18.2. The van der Waals surface area contributed by atoms with Crippen molar-refractivity contribution in [1.29, 1.82) is 0 Å². The van der Waals surface area contributed by atoms with Crippen molar-refractivity contribution < 1.29 is 0 Å². The number of hydrogen-bond acceptors (Lipinski definition) is 4. The Kier molecular flexibility index (Phi) is 11.8. The molecule has 5 aliphatic rings. The largest absolute Gasteiger partial charge is 0.398 e. The Morgan fingerprint density at radius 2 is 1.08 bits per heavy atom. The molecule has 7 heterocycles. The van der Waals surface area contributed by atoms with Crippen LogP contribution in [0.15, 0.2) is 339 Å². The lowest BCUT2D eigenvalue weighted by Gasteiger charge is -2.42. The number of anilines is 5. The predicted molar refractivity (Wildman–Crippen MR) is 368 cm³/mol. The highest BCUT2D eigenvalue weighted by Gasteiger charge is 2.47. The van der Waals surface area contributed by atoms with Crippen molar-refractivity contribution in [3.05, 3.63) is 344 Å². The number of para-hydroxylation sites is 7. The Hall–Kier alpha value is -11.2. The second kappa shape index (κ2) is 20.0. The fourth-order valence-electron chi connectivity index (χ4n) is 14.1. The number of benzene rings is 9. The molecule has 0 unspecified atom stereocenters. The van der Waals surface area contributed by atoms with E-state index in [1.54, 1.807) is 0 Å². The first-order valence-corrected chi connectivity index (χ1v) is 29.3. The SMILES string of the molecule is C=CC1=C2B(c3cc4c(cc3N1c1ccccc1)N(c1ccccc1)/C=C(n1c3ccccc3c3ccccc31)\C=C1/C(=C)B4/C3=C/C=C\C(=C)C(=C)/C=C\C=C/N31)c1cccc3c4ccccc4n(c13)/C2=C/c1ccccc1-c1ccccc1N. The smallest absolute Gasteiger partial charge is 0.266 e. The van der Waals surface area contributed by atoms with Gasteiger partial charge in [-0.1, -0.05) is 208 Å². The van der Waals surface area contributed by atoms with E-state index in [0.29, 0.717) is 0 Å². The summed E-state index contributed by atoms with van der Waals surface area (Å²) in [5.74, 6) is 0. The first kappa shape index (κ1) is 50.5. The van der Waals surface area contributed by atoms with Crippen LogP contribution in [0.2, 0.25) is 0 Å². The zero-order chi connectivity index (χ0) is 57.7. The number of nitrogens with zero attached hydrogens (tertiary/aromatic N) is 5. The molecule has 11 aromatic rings. The predicted octanol–water partition coefficient (Wildman–Crippen LogP) is 16.7. The van der Waals surface area contributed by atoms with Gasteiger partial charge >= 0.3 is 0 Å². The van der Waals surface area contributed by atoms with E-state index in [2.05, 4.69) is 298 Å². The van der Waals surface area contributed by atoms with Crippen LogP contribution in [0.4, 0.5) is 28.4 Å². The molecule has 8 heteroatoms. The number of nitrogen functional groups attached to an aromatic ring is 1. The van der Waals surface area contributed by atoms with Gasteiger partial charge in [0, 0.05) is 90.6 Å². The molecule has 0 saturated carbocycles. The molecule has 2 bridgehead atoms. The average molecular weight is 1100 g/mol. The molecule has 9 aromatic carbocycles. The lowest BCUT2D eigenvalue weighted by molar-refractivity contribution is 0.644. The second-order valence-electron chi connectivity index (χ2n) is 22.6. The highest BCUT2D eigenvalue weighted by Crippen LogP contribution is 2.49. The molecule has 0 aliphatic carbocycles. The van der Waals surface area contributed by atoms with E-state index < -0.39 is 0 Å². The molecular weight excluding hydrogens is 1040 g/mol. The summed E-state index contributed by atoms with van der Waals surface area (Å²) in [6, 6.07) is 76.6. The van der Waals surface area contributed by atoms with Gasteiger partial charge in [-0.3, -0.25) is 0 Å². The van der Waals surface area contributed by atoms with Crippen LogP contribution < -0.4 is 31.9 Å². The summed E-state index contributed by atoms with van der Waals surface area (Å²) in [7, 11) is 0. The van der Waals surface area contributed by atoms with Gasteiger partial charge in [0.1, 0.15) is 0 Å². The maximum Gasteiger partial charge on any atom is 0.266 e. The van der Waals surface area contributed by atoms with Gasteiger partial charge < -0.3 is 29.6 Å². The highest BCUT2D eigenvalue weighted by molar-refractivity contribution is 6.97. The number of rotatable bonds is 6. The Morgan fingerprint density at radius 3 is 1.79 bits per heavy atom. The molecule has 0 amide bonds. The topological polar surface area (TPSA) is 45.6 Å². The molecule has 404 valence electrons. The second-order valence-corrected chi connectivity index (χ2v) is 22.6. The lowest BCUT2D eigenvalue weighted by atomic mass is 9.31. The molecule has 2 aromatic heterocycles. The van der Waals surface area contributed by atoms with Crippen molar-refractivity contribution >= 4 is 119 Å². The number of allylic oxidation sites excluding steroid dienone is 14. The summed E-state index contributed by atoms with van der Waals surface area (Å²) < 4.78 is 4.94. The zero-order valence-corrected chi connectivity index (χ0v) is 47.4. The maximum atomic E-state index is 6.86. The van der Waals surface area contributed by atoms with Gasteiger partial charge in [0.05, 0.1) is 22.2 Å². The van der Waals surface area contributed by atoms with Crippen LogP contribution in [-0.4, -0.2) is 27.5 Å². The molecule has 0 spiro atoms. The van der Waals surface area contributed by atoms with Crippen molar-refractivity contribution in [2.45, 2.75) is 0 Å². The summed E-state index contributed by atoms with van der Waals surface area (Å²) in [6.07, 6.45) is 24.0. The first-order valence-electron chi connectivity index (χ1n) is 29.3. The first-order chi connectivity index (χ1) is 42.3. The number of nitrogens with two attached hydrogens (primary N) is 1. The van der Waals surface area contributed by atoms with E-state index in [1.807, 2.05) is 18.2 Å². The molecule has 6 nitrogen and oxygen atoms in total. The normalized spacial score (nSPS) is 18.9. The Bertz CT molecular complexity index is 5000. The van der Waals surface area contributed by atoms with Crippen LogP contribution in [0.1, 0.15) is 5.56 Å². The highest BCUT2D eigenvalue weighted by atomic mass is 15.2. The van der Waals surface area contributed by atoms with E-state index in [0.717, 1.165) is 123 Å². The van der Waals surface area contributed by atoms with Crippen molar-refractivity contribution in [3.63, 3.8) is 0 Å². The minimum atomic E-state index is -0.336. The molecular formula is C78H56B2N6. The third kappa shape index (κ3) is 7.70. The minimum absolute atomic E-state index is 0.271. The molecule has 0 atom stereocenters. The fourth-order valence-corrected chi connectivity index (χ4v) is 14.1. The summed E-state index contributed by atoms with van der Waals surface area (Å²) >= 11 is 0. The molecule has 16 rings (SSSR count). The lowest BCUT2D eigenvalue weighted by Crippen LogP contribution is -2.55. The molecule has 86 heavy (non-hydrogen) atoms. The maximum absolute atomic E-state index is 6.86. The van der Waals surface area contributed by atoms with Crippen LogP contribution in [0.3, 0.4) is 0 Å². The molecule has 1 fully saturated rings. The van der Waals surface area contributed by atoms with E-state index in [4.69, 9.17) is 18.9 Å². The standard InChI is InChI=1S/C78H56B2N6/c1-5-68-77-75(46-54-28-12-13-33-58(54)59-34-14-18-40-67(59)81)86-71-43-21-17-37-62(71)63-38-25-39-64(78(63)86)80(77)66-48-65-73(49-74(66)84(68)56-31-10-7-11-32-56)83(55-29-8-6-9-30-55)50-57(85-69-41-19-15-35-60(69)61-36-16-20-42-70(61)85)47-72-53(4)79(65)76-44-24-27-52(3)51(2)26-22-23-45-82(72)76/h5-50H,1-4,81H2/b26-22-,27-24-,45-23-,57-50+,72-47+,75-46+,76-44-. The van der Waals surface area contributed by atoms with Gasteiger partial charge in [0.15, 0.2) is 0 Å². The van der Waals surface area contributed by atoms with Gasteiger partial charge in [0.2, 0.25) is 0 Å². The number of fused-ring (bicyclic) bond motifs is 17. The van der Waals surface area contributed by atoms with Crippen LogP contribution >= 0.6 is 0 Å². The van der Waals surface area contributed by atoms with Gasteiger partial charge in [-0.15, -0.1) is 6.58 Å². The van der Waals surface area contributed by atoms with E-state index in [9.17, 15) is 0 Å². The Morgan fingerprint density at radius 1 is 0.488 bits per heavy atom. The van der Waals surface area contributed by atoms with E-state index in [-0.39, 0.29) is 13.4 Å². The molecule has 5 aliphatic heterocycles. The molecule has 1 saturated heterocycles. The van der Waals surface area contributed by atoms with Crippen LogP contribution in [-0.2, 0) is 0 Å². The van der Waals surface area contributed by atoms with Crippen molar-refractivity contribution in [2.24, 2.45) is 0 Å². The minimum Gasteiger partial charge on any atom is -0.398 e. The average Bonchev–Trinajstić information content (AvgIpc) is 1.33. The van der Waals surface area contributed by atoms with E-state index in [1.165, 1.54) is 32.5 Å². The quantitative estimate of drug-likeness (QED) is 0.133. The zero-order valence-electron chi connectivity index (χ0n) is 47.4. The fraction of sp³-hybridized carbons (Fsp3) is 0. The van der Waals surface area contributed by atoms with Crippen LogP contribution in [0.5, 0.6) is 0 Å². The summed E-state index contributed by atoms with van der Waals surface area (Å²) in [5, 5.41) is 4.75. The number of aromatic nitrogens is 2. The Labute approximate surface area is 501 Å². The van der Waals surface area contributed by atoms with Gasteiger partial charge in [0.25, 0.3) is 13.4 Å². The van der Waals surface area contributed by atoms with Crippen LogP contribution in [0.25, 0.3) is 72.2 Å². The van der Waals surface area contributed by atoms with E-state index >= 15 is 0 Å². The summed E-state index contributed by atoms with van der Waals surface area (Å²) in [5.41, 5.74) is 31.6. The molecule has 0 radical (unpaired) electrons. The van der Waals surface area contributed by atoms with Gasteiger partial charge in [-0.25, -0.2) is 0 Å². The van der Waals surface area contributed by atoms with Crippen molar-refractivity contribution in [3.8, 4) is 11.1 Å². The van der Waals surface area contributed by atoms with Crippen LogP contribution in [0, 0.1) is 0 Å². The Balaban J connectivity index is 1.06. The third-order valence-corrected chi connectivity index (χ3v) is 17.9. The monoisotopic (exact) mass is 1100 g/mol. The summed E-state index contributed by atoms with van der Waals surface area (Å²) in [4.78, 5) is 7.22. The molecule has 2 N–H and O–H groups in total.